The number of carbonyl (C=O) groups excluding carboxylic acids is 2. The highest BCUT2D eigenvalue weighted by atomic mass is 16.5. The number of hydrogen-bond donors (Lipinski definition) is 3. The van der Waals surface area contributed by atoms with Crippen molar-refractivity contribution in [3.8, 4) is 0 Å². The minimum Gasteiger partial charge on any atom is -0.399 e. The molecule has 6 heteroatoms. The summed E-state index contributed by atoms with van der Waals surface area (Å²) in [5, 5.41) is 5.62. The van der Waals surface area contributed by atoms with Gasteiger partial charge in [-0.05, 0) is 36.2 Å². The summed E-state index contributed by atoms with van der Waals surface area (Å²) in [6, 6.07) is 14.1. The predicted molar refractivity (Wildman–Crippen MR) is 98.5 cm³/mol. The van der Waals surface area contributed by atoms with Crippen LogP contribution in [-0.2, 0) is 16.0 Å². The zero-order valence-electron chi connectivity index (χ0n) is 14.2. The first-order chi connectivity index (χ1) is 12.1. The third-order valence-electron chi connectivity index (χ3n) is 3.60. The van der Waals surface area contributed by atoms with Crippen molar-refractivity contribution >= 4 is 23.2 Å². The lowest BCUT2D eigenvalue weighted by molar-refractivity contribution is -0.115. The van der Waals surface area contributed by atoms with Crippen molar-refractivity contribution in [3.05, 3.63) is 59.7 Å². The number of hydrogen-bond acceptors (Lipinski definition) is 4. The Hall–Kier alpha value is -2.86. The minimum absolute atomic E-state index is 0.190. The number of anilines is 2. The van der Waals surface area contributed by atoms with Gasteiger partial charge in [0, 0.05) is 25.9 Å². The summed E-state index contributed by atoms with van der Waals surface area (Å²) >= 11 is 0. The fraction of sp³-hybridized carbons (Fsp3) is 0.263. The summed E-state index contributed by atoms with van der Waals surface area (Å²) in [7, 11) is 1.62. The molecule has 0 aliphatic heterocycles. The molecular formula is C19H23N3O3. The van der Waals surface area contributed by atoms with Crippen LogP contribution in [0.2, 0.25) is 0 Å². The Labute approximate surface area is 147 Å². The van der Waals surface area contributed by atoms with Crippen LogP contribution in [0.1, 0.15) is 22.3 Å². The van der Waals surface area contributed by atoms with Crippen LogP contribution in [0, 0.1) is 0 Å². The van der Waals surface area contributed by atoms with E-state index in [1.807, 2.05) is 12.1 Å². The molecule has 6 nitrogen and oxygen atoms in total. The predicted octanol–water partition coefficient (Wildman–Crippen LogP) is 2.22. The summed E-state index contributed by atoms with van der Waals surface area (Å²) in [5.74, 6) is -0.413. The number of ether oxygens (including phenoxy) is 1. The van der Waals surface area contributed by atoms with Crippen LogP contribution in [0.15, 0.2) is 48.5 Å². The van der Waals surface area contributed by atoms with Gasteiger partial charge in [0.25, 0.3) is 5.91 Å². The maximum atomic E-state index is 12.3. The number of nitrogens with one attached hydrogen (secondary N) is 2. The van der Waals surface area contributed by atoms with Crippen LogP contribution in [0.25, 0.3) is 0 Å². The third kappa shape index (κ3) is 5.93. The molecule has 0 fully saturated rings. The first-order valence-electron chi connectivity index (χ1n) is 8.10. The Balaban J connectivity index is 1.98. The van der Waals surface area contributed by atoms with Crippen LogP contribution in [-0.4, -0.2) is 32.1 Å². The normalized spacial score (nSPS) is 10.3. The van der Waals surface area contributed by atoms with E-state index in [1.165, 1.54) is 0 Å². The van der Waals surface area contributed by atoms with Gasteiger partial charge in [-0.3, -0.25) is 9.59 Å². The van der Waals surface area contributed by atoms with Crippen molar-refractivity contribution in [1.82, 2.24) is 5.32 Å². The number of carbonyl (C=O) groups is 2. The molecule has 0 aliphatic carbocycles. The lowest BCUT2D eigenvalue weighted by Gasteiger charge is -2.11. The minimum atomic E-state index is -0.223. The summed E-state index contributed by atoms with van der Waals surface area (Å²) < 4.78 is 4.95. The van der Waals surface area contributed by atoms with Gasteiger partial charge in [0.05, 0.1) is 17.7 Å². The Bertz CT molecular complexity index is 714. The molecule has 2 rings (SSSR count). The average Bonchev–Trinajstić information content (AvgIpc) is 2.61. The highest BCUT2D eigenvalue weighted by Gasteiger charge is 2.13. The van der Waals surface area contributed by atoms with Crippen LogP contribution >= 0.6 is 0 Å². The molecule has 25 heavy (non-hydrogen) atoms. The van der Waals surface area contributed by atoms with Gasteiger partial charge in [0.1, 0.15) is 0 Å². The maximum Gasteiger partial charge on any atom is 0.253 e. The first kappa shape index (κ1) is 18.5. The van der Waals surface area contributed by atoms with Gasteiger partial charge < -0.3 is 21.1 Å². The van der Waals surface area contributed by atoms with E-state index in [1.54, 1.807) is 43.5 Å². The molecule has 0 saturated carbocycles. The topological polar surface area (TPSA) is 93.5 Å². The number of amides is 2. The van der Waals surface area contributed by atoms with Gasteiger partial charge in [0.2, 0.25) is 5.91 Å². The van der Waals surface area contributed by atoms with Gasteiger partial charge in [-0.1, -0.05) is 24.3 Å². The molecule has 0 bridgehead atoms. The first-order valence-corrected chi connectivity index (χ1v) is 8.10. The zero-order valence-corrected chi connectivity index (χ0v) is 14.2. The number of nitrogen functional groups attached to an aromatic ring is 1. The van der Waals surface area contributed by atoms with Crippen LogP contribution in [0.4, 0.5) is 11.4 Å². The second kappa shape index (κ2) is 9.44. The lowest BCUT2D eigenvalue weighted by Crippen LogP contribution is -2.27. The molecular weight excluding hydrogens is 318 g/mol. The quantitative estimate of drug-likeness (QED) is 0.507. The standard InChI is InChI=1S/C19H23N3O3/c1-25-12-4-11-21-19(24)16-5-2-3-6-17(16)22-18(23)13-14-7-9-15(20)10-8-14/h2-3,5-10H,4,11-13,20H2,1H3,(H,21,24)(H,22,23). The van der Waals surface area contributed by atoms with Crippen molar-refractivity contribution in [2.45, 2.75) is 12.8 Å². The van der Waals surface area contributed by atoms with E-state index in [0.717, 1.165) is 12.0 Å². The van der Waals surface area contributed by atoms with E-state index in [-0.39, 0.29) is 18.2 Å². The van der Waals surface area contributed by atoms with Crippen LogP contribution in [0.5, 0.6) is 0 Å². The average molecular weight is 341 g/mol. The fourth-order valence-corrected chi connectivity index (χ4v) is 2.32. The van der Waals surface area contributed by atoms with Crippen molar-refractivity contribution < 1.29 is 14.3 Å². The number of benzene rings is 2. The summed E-state index contributed by atoms with van der Waals surface area (Å²) in [4.78, 5) is 24.5. The number of para-hydroxylation sites is 1. The molecule has 2 aromatic carbocycles. The van der Waals surface area contributed by atoms with E-state index < -0.39 is 0 Å². The molecule has 0 atom stereocenters. The monoisotopic (exact) mass is 341 g/mol. The van der Waals surface area contributed by atoms with E-state index in [0.29, 0.717) is 30.1 Å². The highest BCUT2D eigenvalue weighted by Crippen LogP contribution is 2.16. The molecule has 0 spiro atoms. The van der Waals surface area contributed by atoms with E-state index >= 15 is 0 Å². The maximum absolute atomic E-state index is 12.3. The van der Waals surface area contributed by atoms with Crippen molar-refractivity contribution in [3.63, 3.8) is 0 Å². The Morgan fingerprint density at radius 1 is 1.08 bits per heavy atom. The number of methoxy groups -OCH3 is 1. The van der Waals surface area contributed by atoms with Crippen LogP contribution in [0.3, 0.4) is 0 Å². The van der Waals surface area contributed by atoms with Gasteiger partial charge in [-0.15, -0.1) is 0 Å². The molecule has 4 N–H and O–H groups in total. The van der Waals surface area contributed by atoms with Crippen molar-refractivity contribution in [2.75, 3.05) is 31.3 Å². The van der Waals surface area contributed by atoms with E-state index in [9.17, 15) is 9.59 Å². The third-order valence-corrected chi connectivity index (χ3v) is 3.60. The Morgan fingerprint density at radius 2 is 1.80 bits per heavy atom. The van der Waals surface area contributed by atoms with Crippen molar-refractivity contribution in [1.29, 1.82) is 0 Å². The smallest absolute Gasteiger partial charge is 0.253 e. The molecule has 0 unspecified atom stereocenters. The Kier molecular flexibility index (Phi) is 6.98. The molecule has 0 aromatic heterocycles. The highest BCUT2D eigenvalue weighted by molar-refractivity contribution is 6.04. The largest absolute Gasteiger partial charge is 0.399 e. The number of rotatable bonds is 8. The summed E-state index contributed by atoms with van der Waals surface area (Å²) in [6.07, 6.45) is 0.942. The summed E-state index contributed by atoms with van der Waals surface area (Å²) in [5.41, 5.74) is 8.08. The zero-order chi connectivity index (χ0) is 18.1. The SMILES string of the molecule is COCCCNC(=O)c1ccccc1NC(=O)Cc1ccc(N)cc1. The molecule has 0 heterocycles. The molecule has 2 aromatic rings. The second-order valence-electron chi connectivity index (χ2n) is 5.61. The van der Waals surface area contributed by atoms with Gasteiger partial charge in [0.15, 0.2) is 0 Å². The summed E-state index contributed by atoms with van der Waals surface area (Å²) in [6.45, 7) is 1.10. The van der Waals surface area contributed by atoms with Crippen LogP contribution < -0.4 is 16.4 Å². The van der Waals surface area contributed by atoms with Gasteiger partial charge >= 0.3 is 0 Å². The lowest BCUT2D eigenvalue weighted by atomic mass is 10.1. The van der Waals surface area contributed by atoms with E-state index in [4.69, 9.17) is 10.5 Å². The molecule has 2 amide bonds. The van der Waals surface area contributed by atoms with Gasteiger partial charge in [-0.2, -0.15) is 0 Å². The fourth-order valence-electron chi connectivity index (χ4n) is 2.32. The molecule has 132 valence electrons. The Morgan fingerprint density at radius 3 is 2.52 bits per heavy atom. The van der Waals surface area contributed by atoms with Gasteiger partial charge in [-0.25, -0.2) is 0 Å². The van der Waals surface area contributed by atoms with E-state index in [2.05, 4.69) is 10.6 Å². The number of nitrogens with two attached hydrogens (primary N) is 1. The van der Waals surface area contributed by atoms with Crippen molar-refractivity contribution in [2.24, 2.45) is 0 Å². The second-order valence-corrected chi connectivity index (χ2v) is 5.61. The molecule has 0 saturated heterocycles. The molecule has 0 radical (unpaired) electrons. The molecule has 0 aliphatic rings.